The average Bonchev–Trinajstić information content (AvgIpc) is 2.19. The van der Waals surface area contributed by atoms with Crippen molar-refractivity contribution in [2.75, 3.05) is 0 Å². The SMILES string of the molecule is N#C[B-](C#N)(C#N)C(F)(F)C(F)(F)C(F)(F)F.[Li+]. The molecule has 0 saturated heterocycles. The van der Waals surface area contributed by atoms with Gasteiger partial charge in [-0.05, 0) is 0 Å². The number of rotatable bonds is 2. The van der Waals surface area contributed by atoms with Crippen molar-refractivity contribution in [3.05, 3.63) is 0 Å². The van der Waals surface area contributed by atoms with E-state index >= 15 is 0 Å². The molecule has 18 heavy (non-hydrogen) atoms. The summed E-state index contributed by atoms with van der Waals surface area (Å²) < 4.78 is 85.9. The molecular weight excluding hydrogens is 265 g/mol. The van der Waals surface area contributed by atoms with E-state index in [4.69, 9.17) is 15.8 Å². The van der Waals surface area contributed by atoms with E-state index in [1.165, 1.54) is 0 Å². The molecule has 0 amide bonds. The molecule has 0 heterocycles. The number of alkyl halides is 7. The summed E-state index contributed by atoms with van der Waals surface area (Å²) in [6.07, 6.45) is -11.9. The van der Waals surface area contributed by atoms with E-state index in [0.717, 1.165) is 0 Å². The molecule has 0 N–H and O–H groups in total. The van der Waals surface area contributed by atoms with Gasteiger partial charge in [-0.1, -0.05) is 0 Å². The van der Waals surface area contributed by atoms with Crippen LogP contribution in [0.5, 0.6) is 0 Å². The molecule has 0 fully saturated rings. The summed E-state index contributed by atoms with van der Waals surface area (Å²) in [6, 6.07) is 0. The minimum Gasteiger partial charge on any atom is -0.247 e. The van der Waals surface area contributed by atoms with Gasteiger partial charge in [0, 0.05) is 0 Å². The summed E-state index contributed by atoms with van der Waals surface area (Å²) in [4.78, 5) is 0. The first kappa shape index (κ1) is 19.0. The van der Waals surface area contributed by atoms with Crippen LogP contribution in [0.3, 0.4) is 0 Å². The first-order valence-electron chi connectivity index (χ1n) is 3.65. The van der Waals surface area contributed by atoms with Gasteiger partial charge in [-0.3, -0.25) is 0 Å². The third-order valence-corrected chi connectivity index (χ3v) is 1.90. The molecule has 0 radical (unpaired) electrons. The molecule has 0 saturated carbocycles. The Kier molecular flexibility index (Phi) is 5.38. The fraction of sp³-hybridized carbons (Fsp3) is 0.500. The normalized spacial score (nSPS) is 12.7. The topological polar surface area (TPSA) is 71.4 Å². The second-order valence-electron chi connectivity index (χ2n) is 2.95. The summed E-state index contributed by atoms with van der Waals surface area (Å²) in [5, 5.41) is 24.3. The van der Waals surface area contributed by atoms with Crippen LogP contribution in [0.25, 0.3) is 0 Å². The van der Waals surface area contributed by atoms with E-state index in [1.807, 2.05) is 0 Å². The van der Waals surface area contributed by atoms with Crippen molar-refractivity contribution in [1.29, 1.82) is 15.8 Å². The van der Waals surface area contributed by atoms with Crippen molar-refractivity contribution in [2.45, 2.75) is 17.9 Å². The van der Waals surface area contributed by atoms with Crippen LogP contribution >= 0.6 is 0 Å². The Bertz CT molecular complexity index is 404. The van der Waals surface area contributed by atoms with Crippen molar-refractivity contribution < 1.29 is 49.6 Å². The fourth-order valence-corrected chi connectivity index (χ4v) is 0.791. The van der Waals surface area contributed by atoms with Gasteiger partial charge in [-0.15, -0.1) is 17.9 Å². The number of nitrogens with zero attached hydrogens (tertiary/aromatic N) is 3. The molecule has 0 bridgehead atoms. The van der Waals surface area contributed by atoms with Crippen LogP contribution in [-0.2, 0) is 0 Å². The van der Waals surface area contributed by atoms with E-state index in [1.54, 1.807) is 0 Å². The van der Waals surface area contributed by atoms with Crippen molar-refractivity contribution in [3.63, 3.8) is 0 Å². The standard InChI is InChI=1S/C6BF7N3.Li/c8-4(9,6(12,13)14)5(10,11)7(1-15,2-16)3-17;/q-1;+1. The third kappa shape index (κ3) is 2.27. The number of halogens is 7. The zero-order valence-corrected chi connectivity index (χ0v) is 8.56. The molecule has 92 valence electrons. The van der Waals surface area contributed by atoms with Gasteiger partial charge >= 0.3 is 37.1 Å². The van der Waals surface area contributed by atoms with E-state index in [-0.39, 0.29) is 36.8 Å². The Morgan fingerprint density at radius 1 is 0.722 bits per heavy atom. The second-order valence-corrected chi connectivity index (χ2v) is 2.95. The summed E-state index contributed by atoms with van der Waals surface area (Å²) in [6.45, 7) is 0. The van der Waals surface area contributed by atoms with Crippen LogP contribution in [0.2, 0.25) is 0 Å². The van der Waals surface area contributed by atoms with Gasteiger partial charge < -0.3 is 0 Å². The number of nitriles is 3. The quantitative estimate of drug-likeness (QED) is 0.474. The van der Waals surface area contributed by atoms with Gasteiger partial charge in [0.2, 0.25) is 5.82 Å². The average molecular weight is 265 g/mol. The monoisotopic (exact) mass is 265 g/mol. The molecule has 0 aliphatic rings. The zero-order valence-electron chi connectivity index (χ0n) is 8.56. The molecule has 0 rings (SSSR count). The molecule has 0 aromatic carbocycles. The van der Waals surface area contributed by atoms with Crippen molar-refractivity contribution in [3.8, 4) is 17.9 Å². The summed E-state index contributed by atoms with van der Waals surface area (Å²) in [7, 11) is 0. The molecular formula is C6BF7LiN3. The van der Waals surface area contributed by atoms with Crippen LogP contribution in [0.1, 0.15) is 0 Å². The molecule has 12 heteroatoms. The van der Waals surface area contributed by atoms with E-state index in [2.05, 4.69) is 0 Å². The van der Waals surface area contributed by atoms with Crippen LogP contribution in [0.4, 0.5) is 30.7 Å². The van der Waals surface area contributed by atoms with Crippen LogP contribution in [0.15, 0.2) is 0 Å². The molecule has 0 unspecified atom stereocenters. The van der Waals surface area contributed by atoms with Crippen molar-refractivity contribution >= 4 is 6.15 Å². The maximum atomic E-state index is 12.9. The van der Waals surface area contributed by atoms with Crippen LogP contribution in [-0.4, -0.2) is 24.1 Å². The first-order valence-corrected chi connectivity index (χ1v) is 3.65. The minimum absolute atomic E-state index is 0. The van der Waals surface area contributed by atoms with Crippen LogP contribution in [0, 0.1) is 33.7 Å². The van der Waals surface area contributed by atoms with Gasteiger partial charge in [0.25, 0.3) is 0 Å². The fourth-order valence-electron chi connectivity index (χ4n) is 0.791. The Labute approximate surface area is 108 Å². The molecule has 0 aromatic rings. The largest absolute Gasteiger partial charge is 1.00 e. The molecule has 0 aliphatic heterocycles. The maximum Gasteiger partial charge on any atom is 1.00 e. The van der Waals surface area contributed by atoms with E-state index in [9.17, 15) is 30.7 Å². The third-order valence-electron chi connectivity index (χ3n) is 1.90. The second kappa shape index (κ2) is 5.10. The van der Waals surface area contributed by atoms with Gasteiger partial charge in [0.05, 0.1) is 0 Å². The summed E-state index contributed by atoms with van der Waals surface area (Å²) >= 11 is 0. The Hall–Kier alpha value is -1.36. The van der Waals surface area contributed by atoms with Crippen LogP contribution < -0.4 is 18.9 Å². The Morgan fingerprint density at radius 3 is 1.17 bits per heavy atom. The molecule has 0 aromatic heterocycles. The predicted molar refractivity (Wildman–Crippen MR) is 38.5 cm³/mol. The van der Waals surface area contributed by atoms with Gasteiger partial charge in [-0.25, -0.2) is 24.6 Å². The molecule has 3 nitrogen and oxygen atoms in total. The number of hydrogen-bond acceptors (Lipinski definition) is 3. The summed E-state index contributed by atoms with van der Waals surface area (Å²) in [5.41, 5.74) is 0. The number of hydrogen-bond donors (Lipinski definition) is 0. The first-order chi connectivity index (χ1) is 7.43. The summed E-state index contributed by atoms with van der Waals surface area (Å²) in [5.74, 6) is -12.1. The van der Waals surface area contributed by atoms with Gasteiger partial charge in [0.15, 0.2) is 0 Å². The Morgan fingerprint density at radius 2 is 1.00 bits per heavy atom. The van der Waals surface area contributed by atoms with Crippen molar-refractivity contribution in [1.82, 2.24) is 0 Å². The van der Waals surface area contributed by atoms with Gasteiger partial charge in [-0.2, -0.15) is 22.0 Å². The molecule has 0 aliphatic carbocycles. The van der Waals surface area contributed by atoms with Crippen molar-refractivity contribution in [2.24, 2.45) is 0 Å². The smallest absolute Gasteiger partial charge is 0.247 e. The maximum absolute atomic E-state index is 12.9. The zero-order chi connectivity index (χ0) is 14.1. The minimum atomic E-state index is -6.69. The molecule has 0 spiro atoms. The Balaban J connectivity index is 0. The molecule has 0 atom stereocenters. The van der Waals surface area contributed by atoms with E-state index in [0.29, 0.717) is 0 Å². The predicted octanol–water partition coefficient (Wildman–Crippen LogP) is -1.00. The van der Waals surface area contributed by atoms with Gasteiger partial charge in [0.1, 0.15) is 0 Å². The van der Waals surface area contributed by atoms with E-state index < -0.39 is 24.1 Å².